The molecule has 8 heavy (non-hydrogen) atoms. The standard InChI is InChI=1S/C7H16N/c1-4-7(5-8)6(2)3/h6-8H,4-5H2,1-3H3. The largest absolute Gasteiger partial charge is 0.258 e. The molecule has 0 aliphatic rings. The predicted molar refractivity (Wildman–Crippen MR) is 36.6 cm³/mol. The van der Waals surface area contributed by atoms with Gasteiger partial charge in [-0.1, -0.05) is 27.2 Å². The van der Waals surface area contributed by atoms with E-state index in [2.05, 4.69) is 20.8 Å². The van der Waals surface area contributed by atoms with Gasteiger partial charge < -0.3 is 0 Å². The molecule has 0 heterocycles. The molecule has 1 atom stereocenters. The molecular weight excluding hydrogens is 98.1 g/mol. The van der Waals surface area contributed by atoms with Gasteiger partial charge in [-0.15, -0.1) is 0 Å². The first kappa shape index (κ1) is 7.96. The number of rotatable bonds is 3. The summed E-state index contributed by atoms with van der Waals surface area (Å²) in [6.45, 7) is 7.11. The minimum Gasteiger partial charge on any atom is -0.258 e. The summed E-state index contributed by atoms with van der Waals surface area (Å²) in [7, 11) is 0. The third kappa shape index (κ3) is 2.31. The van der Waals surface area contributed by atoms with E-state index >= 15 is 0 Å². The van der Waals surface area contributed by atoms with E-state index in [0.29, 0.717) is 18.4 Å². The summed E-state index contributed by atoms with van der Waals surface area (Å²) in [5, 5.41) is 0. The van der Waals surface area contributed by atoms with Crippen LogP contribution in [0.5, 0.6) is 0 Å². The molecule has 0 rings (SSSR count). The van der Waals surface area contributed by atoms with Crippen LogP contribution in [-0.2, 0) is 0 Å². The average Bonchev–Trinajstić information content (AvgIpc) is 1.69. The van der Waals surface area contributed by atoms with Gasteiger partial charge in [0, 0.05) is 6.54 Å². The molecule has 1 radical (unpaired) electrons. The topological polar surface area (TPSA) is 23.8 Å². The first-order chi connectivity index (χ1) is 3.72. The smallest absolute Gasteiger partial charge is 0.0130 e. The van der Waals surface area contributed by atoms with Crippen molar-refractivity contribution in [2.24, 2.45) is 11.8 Å². The highest BCUT2D eigenvalue weighted by molar-refractivity contribution is 4.59. The van der Waals surface area contributed by atoms with Crippen molar-refractivity contribution in [3.05, 3.63) is 0 Å². The Bertz CT molecular complexity index is 46.3. The Morgan fingerprint density at radius 1 is 1.38 bits per heavy atom. The fourth-order valence-electron chi connectivity index (χ4n) is 0.851. The van der Waals surface area contributed by atoms with Crippen LogP contribution in [0.1, 0.15) is 27.2 Å². The number of hydrogen-bond acceptors (Lipinski definition) is 0. The summed E-state index contributed by atoms with van der Waals surface area (Å²) in [6, 6.07) is 0. The summed E-state index contributed by atoms with van der Waals surface area (Å²) in [4.78, 5) is 0. The van der Waals surface area contributed by atoms with Gasteiger partial charge in [0.1, 0.15) is 0 Å². The Labute approximate surface area is 52.3 Å². The van der Waals surface area contributed by atoms with Gasteiger partial charge in [-0.3, -0.25) is 5.73 Å². The van der Waals surface area contributed by atoms with Crippen molar-refractivity contribution in [2.75, 3.05) is 6.54 Å². The van der Waals surface area contributed by atoms with Crippen molar-refractivity contribution >= 4 is 0 Å². The summed E-state index contributed by atoms with van der Waals surface area (Å²) < 4.78 is 0. The van der Waals surface area contributed by atoms with Crippen LogP contribution < -0.4 is 5.73 Å². The van der Waals surface area contributed by atoms with Gasteiger partial charge in [-0.2, -0.15) is 0 Å². The minimum absolute atomic E-state index is 0.591. The van der Waals surface area contributed by atoms with Crippen LogP contribution in [0.25, 0.3) is 0 Å². The monoisotopic (exact) mass is 114 g/mol. The third-order valence-corrected chi connectivity index (χ3v) is 1.73. The molecule has 0 aromatic rings. The molecule has 0 saturated heterocycles. The second-order valence-electron chi connectivity index (χ2n) is 2.62. The van der Waals surface area contributed by atoms with E-state index in [1.54, 1.807) is 0 Å². The fourth-order valence-corrected chi connectivity index (χ4v) is 0.851. The molecule has 0 spiro atoms. The van der Waals surface area contributed by atoms with Crippen LogP contribution in [0.4, 0.5) is 0 Å². The third-order valence-electron chi connectivity index (χ3n) is 1.73. The van der Waals surface area contributed by atoms with E-state index in [4.69, 9.17) is 5.73 Å². The van der Waals surface area contributed by atoms with Crippen LogP contribution >= 0.6 is 0 Å². The van der Waals surface area contributed by atoms with Crippen LogP contribution in [0, 0.1) is 11.8 Å². The fraction of sp³-hybridized carbons (Fsp3) is 1.00. The Hall–Kier alpha value is -0.0400. The molecule has 0 fully saturated rings. The molecule has 0 aliphatic carbocycles. The molecule has 0 aliphatic heterocycles. The number of nitrogens with one attached hydrogen (secondary N) is 1. The zero-order valence-corrected chi connectivity index (χ0v) is 6.07. The van der Waals surface area contributed by atoms with Crippen molar-refractivity contribution in [3.8, 4) is 0 Å². The summed E-state index contributed by atoms with van der Waals surface area (Å²) in [6.07, 6.45) is 1.15. The first-order valence-corrected chi connectivity index (χ1v) is 3.37. The molecule has 1 unspecified atom stereocenters. The van der Waals surface area contributed by atoms with Crippen LogP contribution in [0.15, 0.2) is 0 Å². The molecule has 1 heteroatoms. The maximum Gasteiger partial charge on any atom is 0.0130 e. The lowest BCUT2D eigenvalue weighted by Crippen LogP contribution is -2.12. The second-order valence-corrected chi connectivity index (χ2v) is 2.62. The molecule has 1 nitrogen and oxygen atoms in total. The van der Waals surface area contributed by atoms with Crippen molar-refractivity contribution in [1.29, 1.82) is 0 Å². The van der Waals surface area contributed by atoms with Gasteiger partial charge in [0.05, 0.1) is 0 Å². The van der Waals surface area contributed by atoms with Crippen molar-refractivity contribution < 1.29 is 0 Å². The Kier molecular flexibility index (Phi) is 3.88. The Morgan fingerprint density at radius 2 is 1.88 bits per heavy atom. The quantitative estimate of drug-likeness (QED) is 0.535. The van der Waals surface area contributed by atoms with E-state index in [1.807, 2.05) is 0 Å². The molecule has 0 bridgehead atoms. The maximum atomic E-state index is 7.09. The van der Waals surface area contributed by atoms with Gasteiger partial charge >= 0.3 is 0 Å². The molecule has 0 aromatic heterocycles. The van der Waals surface area contributed by atoms with E-state index in [-0.39, 0.29) is 0 Å². The summed E-state index contributed by atoms with van der Waals surface area (Å²) in [5.41, 5.74) is 7.09. The predicted octanol–water partition coefficient (Wildman–Crippen LogP) is 1.95. The maximum absolute atomic E-state index is 7.09. The highest BCUT2D eigenvalue weighted by Gasteiger charge is 2.07. The zero-order chi connectivity index (χ0) is 6.57. The Morgan fingerprint density at radius 3 is 1.88 bits per heavy atom. The molecule has 0 amide bonds. The lowest BCUT2D eigenvalue weighted by Gasteiger charge is -2.14. The normalized spacial score (nSPS) is 14.6. The van der Waals surface area contributed by atoms with Gasteiger partial charge in [0.25, 0.3) is 0 Å². The molecule has 49 valence electrons. The van der Waals surface area contributed by atoms with E-state index in [1.165, 1.54) is 0 Å². The Balaban J connectivity index is 3.35. The summed E-state index contributed by atoms with van der Waals surface area (Å²) >= 11 is 0. The van der Waals surface area contributed by atoms with Crippen molar-refractivity contribution in [2.45, 2.75) is 27.2 Å². The minimum atomic E-state index is 0.591. The zero-order valence-electron chi connectivity index (χ0n) is 6.07. The second kappa shape index (κ2) is 3.90. The number of hydrogen-bond donors (Lipinski definition) is 0. The van der Waals surface area contributed by atoms with Crippen molar-refractivity contribution in [3.63, 3.8) is 0 Å². The van der Waals surface area contributed by atoms with E-state index < -0.39 is 0 Å². The van der Waals surface area contributed by atoms with Crippen LogP contribution in [0.2, 0.25) is 0 Å². The van der Waals surface area contributed by atoms with Gasteiger partial charge in [-0.05, 0) is 11.8 Å². The van der Waals surface area contributed by atoms with E-state index in [9.17, 15) is 0 Å². The van der Waals surface area contributed by atoms with Crippen LogP contribution in [0.3, 0.4) is 0 Å². The molecule has 0 saturated carbocycles. The van der Waals surface area contributed by atoms with Gasteiger partial charge in [-0.25, -0.2) is 0 Å². The van der Waals surface area contributed by atoms with Crippen molar-refractivity contribution in [1.82, 2.24) is 5.73 Å². The summed E-state index contributed by atoms with van der Waals surface area (Å²) in [5.74, 6) is 1.31. The van der Waals surface area contributed by atoms with Gasteiger partial charge in [0.15, 0.2) is 0 Å². The first-order valence-electron chi connectivity index (χ1n) is 3.37. The highest BCUT2D eigenvalue weighted by atomic mass is 14.5. The average molecular weight is 114 g/mol. The molecule has 0 aromatic carbocycles. The molecule has 1 N–H and O–H groups in total. The van der Waals surface area contributed by atoms with E-state index in [0.717, 1.165) is 6.42 Å². The van der Waals surface area contributed by atoms with Crippen LogP contribution in [-0.4, -0.2) is 6.54 Å². The molecular formula is C7H16N. The SMILES string of the molecule is CCC(C[NH])C(C)C. The van der Waals surface area contributed by atoms with Gasteiger partial charge in [0.2, 0.25) is 0 Å². The highest BCUT2D eigenvalue weighted by Crippen LogP contribution is 2.12. The lowest BCUT2D eigenvalue weighted by atomic mass is 9.94. The lowest BCUT2D eigenvalue weighted by molar-refractivity contribution is 0.379.